The number of alkyl halides is 1. The summed E-state index contributed by atoms with van der Waals surface area (Å²) in [5, 5.41) is 19.2. The van der Waals surface area contributed by atoms with E-state index in [4.69, 9.17) is 36.7 Å². The fourth-order valence-corrected chi connectivity index (χ4v) is 3.80. The molecule has 2 heterocycles. The van der Waals surface area contributed by atoms with Gasteiger partial charge in [-0.25, -0.2) is 0 Å². The Balaban J connectivity index is 0.000000208. The summed E-state index contributed by atoms with van der Waals surface area (Å²) in [7, 11) is 0. The molecule has 2 aliphatic rings. The second-order valence-corrected chi connectivity index (χ2v) is 9.07. The van der Waals surface area contributed by atoms with Crippen LogP contribution in [0.3, 0.4) is 0 Å². The van der Waals surface area contributed by atoms with Crippen LogP contribution in [0.1, 0.15) is 11.1 Å². The molecule has 0 amide bonds. The zero-order valence-electron chi connectivity index (χ0n) is 21.7. The third-order valence-electron chi connectivity index (χ3n) is 5.92. The molecule has 10 nitrogen and oxygen atoms in total. The number of aromatic hydroxyl groups is 1. The van der Waals surface area contributed by atoms with Crippen molar-refractivity contribution < 1.29 is 24.2 Å². The Kier molecular flexibility index (Phi) is 14.0. The van der Waals surface area contributed by atoms with Crippen LogP contribution in [0.4, 0.5) is 11.4 Å². The number of phenolic OH excluding ortho intramolecular Hbond substituents is 1. The van der Waals surface area contributed by atoms with Crippen LogP contribution in [0.25, 0.3) is 0 Å². The van der Waals surface area contributed by atoms with Gasteiger partial charge < -0.3 is 25.1 Å². The Morgan fingerprint density at radius 1 is 0.973 bits per heavy atom. The van der Waals surface area contributed by atoms with Gasteiger partial charge in [0.2, 0.25) is 0 Å². The minimum Gasteiger partial charge on any atom is -0.508 e. The van der Waals surface area contributed by atoms with Gasteiger partial charge in [0.15, 0.2) is 0 Å². The quantitative estimate of drug-likeness (QED) is 0.236. The molecule has 2 aliphatic heterocycles. The smallest absolute Gasteiger partial charge is 0.275 e. The second-order valence-electron chi connectivity index (χ2n) is 8.69. The first kappa shape index (κ1) is 30.6. The summed E-state index contributed by atoms with van der Waals surface area (Å²) < 4.78 is 16.1. The molecule has 0 unspecified atom stereocenters. The van der Waals surface area contributed by atoms with Gasteiger partial charge in [-0.05, 0) is 37.6 Å². The number of nitrogens with zero attached hydrogens (tertiary/aromatic N) is 3. The predicted octanol–water partition coefficient (Wildman–Crippen LogP) is 3.45. The molecule has 206 valence electrons. The zero-order chi connectivity index (χ0) is 27.0. The molecule has 0 bridgehead atoms. The standard InChI is InChI=1S/C13H20N2O2.C7H7NO3.C6H12ClNO/c1-11-2-3-12(10-13(11)14)17-9-6-15-4-7-16-8-5-15;1-5-2-3-6(9)4-7(5)8(10)11;7-1-2-8-3-5-9-6-4-8/h2-3,10H,4-9,14H2,1H3;2-4,9H,1H3;1-6H2. The number of nitrogens with two attached hydrogens (primary N) is 1. The van der Waals surface area contributed by atoms with Crippen molar-refractivity contribution in [2.24, 2.45) is 0 Å². The number of hydrogen-bond donors (Lipinski definition) is 2. The summed E-state index contributed by atoms with van der Waals surface area (Å²) in [5.41, 5.74) is 8.20. The van der Waals surface area contributed by atoms with Gasteiger partial charge in [-0.15, -0.1) is 11.6 Å². The maximum absolute atomic E-state index is 10.3. The van der Waals surface area contributed by atoms with E-state index in [1.807, 2.05) is 25.1 Å². The summed E-state index contributed by atoms with van der Waals surface area (Å²) in [6, 6.07) is 9.89. The molecule has 0 spiro atoms. The van der Waals surface area contributed by atoms with Crippen LogP contribution in [0, 0.1) is 24.0 Å². The number of aryl methyl sites for hydroxylation is 2. The Morgan fingerprint density at radius 2 is 1.54 bits per heavy atom. The van der Waals surface area contributed by atoms with Gasteiger partial charge >= 0.3 is 0 Å². The van der Waals surface area contributed by atoms with Gasteiger partial charge in [0.25, 0.3) is 5.69 Å². The average Bonchev–Trinajstić information content (AvgIpc) is 2.90. The molecule has 0 aromatic heterocycles. The molecule has 2 aromatic rings. The van der Waals surface area contributed by atoms with Gasteiger partial charge in [0, 0.05) is 62.5 Å². The second kappa shape index (κ2) is 17.0. The third kappa shape index (κ3) is 12.0. The Bertz CT molecular complexity index is 950. The first-order valence-electron chi connectivity index (χ1n) is 12.4. The van der Waals surface area contributed by atoms with E-state index < -0.39 is 4.92 Å². The van der Waals surface area contributed by atoms with Crippen molar-refractivity contribution in [1.29, 1.82) is 0 Å². The fraction of sp³-hybridized carbons (Fsp3) is 0.538. The van der Waals surface area contributed by atoms with Crippen LogP contribution < -0.4 is 10.5 Å². The molecule has 3 N–H and O–H groups in total. The lowest BCUT2D eigenvalue weighted by molar-refractivity contribution is -0.385. The lowest BCUT2D eigenvalue weighted by Gasteiger charge is -2.26. The molecule has 11 heteroatoms. The number of nitro groups is 1. The summed E-state index contributed by atoms with van der Waals surface area (Å²) in [6.07, 6.45) is 0. The molecule has 4 rings (SSSR count). The minimum absolute atomic E-state index is 0.0509. The van der Waals surface area contributed by atoms with Crippen molar-refractivity contribution in [2.75, 3.05) is 83.9 Å². The van der Waals surface area contributed by atoms with E-state index in [0.29, 0.717) is 12.2 Å². The summed E-state index contributed by atoms with van der Waals surface area (Å²) in [5.74, 6) is 1.50. The van der Waals surface area contributed by atoms with E-state index in [1.54, 1.807) is 6.92 Å². The van der Waals surface area contributed by atoms with E-state index >= 15 is 0 Å². The topological polar surface area (TPSA) is 124 Å². The van der Waals surface area contributed by atoms with Crippen LogP contribution in [0.2, 0.25) is 0 Å². The van der Waals surface area contributed by atoms with Crippen molar-refractivity contribution in [3.8, 4) is 11.5 Å². The molecule has 2 aromatic carbocycles. The van der Waals surface area contributed by atoms with E-state index in [2.05, 4.69) is 9.80 Å². The summed E-state index contributed by atoms with van der Waals surface area (Å²) in [6.45, 7) is 13.8. The largest absolute Gasteiger partial charge is 0.508 e. The van der Waals surface area contributed by atoms with Crippen LogP contribution in [-0.2, 0) is 9.47 Å². The SMILES string of the molecule is Cc1ccc(O)cc1[N+](=O)[O-].Cc1ccc(OCCN2CCOCC2)cc1N.ClCCN1CCOCC1. The van der Waals surface area contributed by atoms with E-state index in [1.165, 1.54) is 12.1 Å². The van der Waals surface area contributed by atoms with E-state index in [-0.39, 0.29) is 11.4 Å². The van der Waals surface area contributed by atoms with E-state index in [0.717, 1.165) is 94.6 Å². The molecule has 0 aliphatic carbocycles. The van der Waals surface area contributed by atoms with Crippen LogP contribution in [0.15, 0.2) is 36.4 Å². The van der Waals surface area contributed by atoms with Crippen molar-refractivity contribution in [1.82, 2.24) is 9.80 Å². The third-order valence-corrected chi connectivity index (χ3v) is 6.09. The van der Waals surface area contributed by atoms with Crippen molar-refractivity contribution in [3.05, 3.63) is 57.6 Å². The molecule has 37 heavy (non-hydrogen) atoms. The summed E-state index contributed by atoms with van der Waals surface area (Å²) >= 11 is 5.55. The number of halogens is 1. The maximum Gasteiger partial charge on any atom is 0.275 e. The van der Waals surface area contributed by atoms with Gasteiger partial charge in [-0.3, -0.25) is 19.9 Å². The monoisotopic (exact) mass is 538 g/mol. The first-order chi connectivity index (χ1) is 17.8. The number of nitro benzene ring substituents is 1. The number of anilines is 1. The highest BCUT2D eigenvalue weighted by Crippen LogP contribution is 2.22. The molecular formula is C26H39ClN4O6. The van der Waals surface area contributed by atoms with Crippen LogP contribution >= 0.6 is 11.6 Å². The predicted molar refractivity (Wildman–Crippen MR) is 146 cm³/mol. The normalized spacial score (nSPS) is 16.1. The lowest BCUT2D eigenvalue weighted by atomic mass is 10.2. The zero-order valence-corrected chi connectivity index (χ0v) is 22.5. The highest BCUT2D eigenvalue weighted by molar-refractivity contribution is 6.18. The fourth-order valence-electron chi connectivity index (χ4n) is 3.56. The first-order valence-corrected chi connectivity index (χ1v) is 12.9. The highest BCUT2D eigenvalue weighted by Gasteiger charge is 2.11. The number of nitrogen functional groups attached to an aromatic ring is 1. The lowest BCUT2D eigenvalue weighted by Crippen LogP contribution is -2.38. The van der Waals surface area contributed by atoms with E-state index in [9.17, 15) is 10.1 Å². The van der Waals surface area contributed by atoms with Gasteiger partial charge in [0.05, 0.1) is 37.4 Å². The number of rotatable bonds is 7. The van der Waals surface area contributed by atoms with Crippen molar-refractivity contribution in [2.45, 2.75) is 13.8 Å². The number of ether oxygens (including phenoxy) is 3. The Morgan fingerprint density at radius 3 is 2.05 bits per heavy atom. The van der Waals surface area contributed by atoms with Gasteiger partial charge in [0.1, 0.15) is 18.1 Å². The highest BCUT2D eigenvalue weighted by atomic mass is 35.5. The number of hydrogen-bond acceptors (Lipinski definition) is 9. The molecule has 2 fully saturated rings. The number of benzene rings is 2. The molecular weight excluding hydrogens is 500 g/mol. The average molecular weight is 539 g/mol. The van der Waals surface area contributed by atoms with Gasteiger partial charge in [-0.2, -0.15) is 0 Å². The van der Waals surface area contributed by atoms with Crippen molar-refractivity contribution in [3.63, 3.8) is 0 Å². The minimum atomic E-state index is -0.519. The van der Waals surface area contributed by atoms with Gasteiger partial charge in [-0.1, -0.05) is 6.07 Å². The maximum atomic E-state index is 10.3. The van der Waals surface area contributed by atoms with Crippen LogP contribution in [0.5, 0.6) is 11.5 Å². The van der Waals surface area contributed by atoms with Crippen LogP contribution in [-0.4, -0.2) is 98.0 Å². The molecule has 2 saturated heterocycles. The Labute approximate surface area is 224 Å². The number of phenols is 1. The molecule has 0 saturated carbocycles. The molecule has 0 radical (unpaired) electrons. The van der Waals surface area contributed by atoms with Crippen molar-refractivity contribution >= 4 is 23.0 Å². The number of morpholine rings is 2. The molecule has 0 atom stereocenters. The Hall–Kier alpha value is -2.63. The summed E-state index contributed by atoms with van der Waals surface area (Å²) in [4.78, 5) is 14.4.